The van der Waals surface area contributed by atoms with E-state index in [1.807, 2.05) is 84.9 Å². The Hall–Kier alpha value is -3.93. The molecule has 1 amide bonds. The van der Waals surface area contributed by atoms with Crippen molar-refractivity contribution in [2.24, 2.45) is 4.99 Å². The molecule has 0 aromatic heterocycles. The SMILES string of the molecule is O=C(O)[13CH2]N=C(c1ccccc1)c1ccccc1NC(=O)C1CCCN1c1ccccc1. The van der Waals surface area contributed by atoms with E-state index < -0.39 is 5.97 Å². The lowest BCUT2D eigenvalue weighted by Gasteiger charge is -2.26. The number of anilines is 2. The number of rotatable bonds is 7. The third-order valence-electron chi connectivity index (χ3n) is 5.50. The maximum absolute atomic E-state index is 13.3. The molecule has 1 fully saturated rings. The Bertz CT molecular complexity index is 1110. The van der Waals surface area contributed by atoms with Crippen LogP contribution in [0.15, 0.2) is 89.9 Å². The second-order valence-electron chi connectivity index (χ2n) is 7.65. The molecule has 6 nitrogen and oxygen atoms in total. The van der Waals surface area contributed by atoms with Gasteiger partial charge in [0.2, 0.25) is 5.91 Å². The van der Waals surface area contributed by atoms with Crippen molar-refractivity contribution < 1.29 is 14.7 Å². The number of nitrogens with one attached hydrogen (secondary N) is 1. The minimum atomic E-state index is -1.01. The molecule has 3 aromatic rings. The molecular formula is C26H25N3O3. The van der Waals surface area contributed by atoms with Crippen LogP contribution in [0.1, 0.15) is 24.0 Å². The predicted molar refractivity (Wildman–Crippen MR) is 126 cm³/mol. The first kappa shape index (κ1) is 21.3. The third-order valence-corrected chi connectivity index (χ3v) is 5.50. The first-order valence-corrected chi connectivity index (χ1v) is 10.7. The quantitative estimate of drug-likeness (QED) is 0.436. The van der Waals surface area contributed by atoms with Gasteiger partial charge in [0.05, 0.1) is 11.4 Å². The van der Waals surface area contributed by atoms with Crippen LogP contribution < -0.4 is 10.2 Å². The summed E-state index contributed by atoms with van der Waals surface area (Å²) in [6.45, 7) is 0.482. The molecule has 4 rings (SSSR count). The minimum Gasteiger partial charge on any atom is -0.480 e. The number of hydrogen-bond acceptors (Lipinski definition) is 4. The van der Waals surface area contributed by atoms with Crippen LogP contribution in [-0.2, 0) is 9.59 Å². The van der Waals surface area contributed by atoms with Crippen LogP contribution in [0.2, 0.25) is 0 Å². The summed E-state index contributed by atoms with van der Waals surface area (Å²) in [5.74, 6) is -1.09. The van der Waals surface area contributed by atoms with Gasteiger partial charge < -0.3 is 15.3 Å². The first-order chi connectivity index (χ1) is 15.6. The molecule has 0 bridgehead atoms. The molecule has 2 N–H and O–H groups in total. The summed E-state index contributed by atoms with van der Waals surface area (Å²) in [5.41, 5.74) is 3.67. The molecule has 162 valence electrons. The van der Waals surface area contributed by atoms with Gasteiger partial charge in [-0.1, -0.05) is 66.7 Å². The molecule has 1 saturated heterocycles. The average Bonchev–Trinajstić information content (AvgIpc) is 3.32. The smallest absolute Gasteiger partial charge is 0.325 e. The molecule has 32 heavy (non-hydrogen) atoms. The van der Waals surface area contributed by atoms with Gasteiger partial charge in [0.1, 0.15) is 12.6 Å². The van der Waals surface area contributed by atoms with Crippen molar-refractivity contribution in [1.29, 1.82) is 0 Å². The van der Waals surface area contributed by atoms with Gasteiger partial charge >= 0.3 is 5.97 Å². The van der Waals surface area contributed by atoms with Gasteiger partial charge in [0.15, 0.2) is 0 Å². The van der Waals surface area contributed by atoms with Gasteiger partial charge in [0, 0.05) is 23.4 Å². The highest BCUT2D eigenvalue weighted by atomic mass is 16.4. The number of carboxylic acids is 1. The van der Waals surface area contributed by atoms with Gasteiger partial charge in [-0.15, -0.1) is 0 Å². The highest BCUT2D eigenvalue weighted by Crippen LogP contribution is 2.27. The van der Waals surface area contributed by atoms with E-state index in [1.54, 1.807) is 0 Å². The number of para-hydroxylation sites is 2. The predicted octanol–water partition coefficient (Wildman–Crippen LogP) is 4.22. The normalized spacial score (nSPS) is 16.1. The van der Waals surface area contributed by atoms with Gasteiger partial charge in [-0.05, 0) is 31.0 Å². The van der Waals surface area contributed by atoms with Crippen LogP contribution in [0.4, 0.5) is 11.4 Å². The summed E-state index contributed by atoms with van der Waals surface area (Å²) >= 11 is 0. The lowest BCUT2D eigenvalue weighted by atomic mass is 10.0. The number of carboxylic acid groups (broad SMARTS) is 1. The summed E-state index contributed by atoms with van der Waals surface area (Å²) in [6, 6.07) is 26.5. The Kier molecular flexibility index (Phi) is 6.60. The molecule has 0 saturated carbocycles. The molecule has 0 aliphatic carbocycles. The van der Waals surface area contributed by atoms with Gasteiger partial charge in [-0.25, -0.2) is 0 Å². The fraction of sp³-hybridized carbons (Fsp3) is 0.192. The molecule has 0 radical (unpaired) electrons. The summed E-state index contributed by atoms with van der Waals surface area (Å²) < 4.78 is 0. The van der Waals surface area contributed by atoms with Crippen LogP contribution in [0.25, 0.3) is 0 Å². The number of benzene rings is 3. The molecule has 0 spiro atoms. The molecule has 1 heterocycles. The maximum atomic E-state index is 13.3. The molecule has 1 atom stereocenters. The lowest BCUT2D eigenvalue weighted by Crippen LogP contribution is -2.40. The van der Waals surface area contributed by atoms with E-state index in [9.17, 15) is 9.59 Å². The second-order valence-corrected chi connectivity index (χ2v) is 7.65. The number of nitrogens with zero attached hydrogens (tertiary/aromatic N) is 2. The highest BCUT2D eigenvalue weighted by molar-refractivity contribution is 6.17. The Balaban J connectivity index is 1.63. The maximum Gasteiger partial charge on any atom is 0.325 e. The zero-order valence-electron chi connectivity index (χ0n) is 17.6. The van der Waals surface area contributed by atoms with Crippen LogP contribution >= 0.6 is 0 Å². The molecule has 1 aliphatic heterocycles. The van der Waals surface area contributed by atoms with E-state index >= 15 is 0 Å². The monoisotopic (exact) mass is 428 g/mol. The van der Waals surface area contributed by atoms with Gasteiger partial charge in [-0.3, -0.25) is 14.6 Å². The Morgan fingerprint density at radius 3 is 2.31 bits per heavy atom. The lowest BCUT2D eigenvalue weighted by molar-refractivity contribution is -0.135. The summed E-state index contributed by atoms with van der Waals surface area (Å²) in [6.07, 6.45) is 1.73. The standard InChI is InChI=1S/C26H25N3O3/c30-24(31)18-27-25(19-10-3-1-4-11-19)21-14-7-8-15-22(21)28-26(32)23-16-9-17-29(23)20-12-5-2-6-13-20/h1-8,10-15,23H,9,16-18H2,(H,28,32)(H,30,31)/i18+1. The zero-order valence-corrected chi connectivity index (χ0v) is 17.6. The Morgan fingerprint density at radius 2 is 1.59 bits per heavy atom. The van der Waals surface area contributed by atoms with Crippen molar-refractivity contribution in [1.82, 2.24) is 0 Å². The molecule has 1 unspecified atom stereocenters. The van der Waals surface area contributed by atoms with Crippen LogP contribution in [0, 0.1) is 0 Å². The van der Waals surface area contributed by atoms with E-state index in [4.69, 9.17) is 5.11 Å². The Labute approximate surface area is 187 Å². The van der Waals surface area contributed by atoms with Crippen molar-refractivity contribution in [2.45, 2.75) is 18.9 Å². The number of carbonyl (C=O) groups excluding carboxylic acids is 1. The largest absolute Gasteiger partial charge is 0.480 e. The fourth-order valence-electron chi connectivity index (χ4n) is 4.06. The van der Waals surface area contributed by atoms with E-state index in [0.717, 1.165) is 30.6 Å². The molecular weight excluding hydrogens is 403 g/mol. The topological polar surface area (TPSA) is 82.0 Å². The van der Waals surface area contributed by atoms with Crippen LogP contribution in [0.3, 0.4) is 0 Å². The number of carbonyl (C=O) groups is 2. The number of amides is 1. The van der Waals surface area contributed by atoms with Crippen LogP contribution in [-0.4, -0.2) is 41.8 Å². The molecule has 3 aromatic carbocycles. The summed E-state index contributed by atoms with van der Waals surface area (Å²) in [7, 11) is 0. The minimum absolute atomic E-state index is 0.0792. The third kappa shape index (κ3) is 4.86. The van der Waals surface area contributed by atoms with E-state index in [2.05, 4.69) is 15.2 Å². The fourth-order valence-corrected chi connectivity index (χ4v) is 4.06. The molecule has 1 aliphatic rings. The highest BCUT2D eigenvalue weighted by Gasteiger charge is 2.31. The zero-order chi connectivity index (χ0) is 22.3. The first-order valence-electron chi connectivity index (χ1n) is 10.7. The van der Waals surface area contributed by atoms with Crippen molar-refractivity contribution in [2.75, 3.05) is 23.3 Å². The Morgan fingerprint density at radius 1 is 0.938 bits per heavy atom. The van der Waals surface area contributed by atoms with E-state index in [1.165, 1.54) is 0 Å². The van der Waals surface area contributed by atoms with Crippen molar-refractivity contribution in [3.8, 4) is 0 Å². The molecule has 6 heteroatoms. The average molecular weight is 428 g/mol. The number of hydrogen-bond donors (Lipinski definition) is 2. The van der Waals surface area contributed by atoms with Crippen molar-refractivity contribution >= 4 is 29.0 Å². The van der Waals surface area contributed by atoms with Crippen LogP contribution in [0.5, 0.6) is 0 Å². The van der Waals surface area contributed by atoms with Gasteiger partial charge in [-0.2, -0.15) is 0 Å². The van der Waals surface area contributed by atoms with Crippen molar-refractivity contribution in [3.05, 3.63) is 96.1 Å². The number of aliphatic carboxylic acids is 1. The summed E-state index contributed by atoms with van der Waals surface area (Å²) in [4.78, 5) is 31.0. The van der Waals surface area contributed by atoms with E-state index in [-0.39, 0.29) is 18.5 Å². The summed E-state index contributed by atoms with van der Waals surface area (Å²) in [5, 5.41) is 12.3. The van der Waals surface area contributed by atoms with Crippen molar-refractivity contribution in [3.63, 3.8) is 0 Å². The second kappa shape index (κ2) is 9.92. The van der Waals surface area contributed by atoms with E-state index in [0.29, 0.717) is 17.0 Å². The van der Waals surface area contributed by atoms with Gasteiger partial charge in [0.25, 0.3) is 0 Å². The number of aliphatic imine (C=N–C) groups is 1.